The standard InChI is InChI=1S/C29H30Cl2N2O/c1-28(2,3)20-15-17(16-21(26(20)34)29(4,5)6)27-32-24(18-11-7-9-13-22(18)30)25(33-27)19-12-8-10-14-23(19)31/h7-16,34H,1-6H3,(H,32,33). The molecule has 0 aliphatic carbocycles. The molecule has 1 heterocycles. The number of hydrogen-bond acceptors (Lipinski definition) is 2. The number of phenolic OH excluding ortho intramolecular Hbond substituents is 1. The Balaban J connectivity index is 2.03. The second kappa shape index (κ2) is 8.79. The fourth-order valence-electron chi connectivity index (χ4n) is 4.13. The lowest BCUT2D eigenvalue weighted by Gasteiger charge is -2.28. The molecular formula is C29H30Cl2N2O. The Morgan fingerprint density at radius 3 is 1.68 bits per heavy atom. The molecule has 3 nitrogen and oxygen atoms in total. The zero-order chi connectivity index (χ0) is 24.8. The number of nitrogens with zero attached hydrogens (tertiary/aromatic N) is 1. The van der Waals surface area contributed by atoms with Gasteiger partial charge >= 0.3 is 0 Å². The predicted molar refractivity (Wildman–Crippen MR) is 144 cm³/mol. The average Bonchev–Trinajstić information content (AvgIpc) is 3.18. The monoisotopic (exact) mass is 492 g/mol. The van der Waals surface area contributed by atoms with Gasteiger partial charge in [0, 0.05) is 32.8 Å². The molecule has 2 N–H and O–H groups in total. The third-order valence-electron chi connectivity index (χ3n) is 5.98. The van der Waals surface area contributed by atoms with E-state index in [9.17, 15) is 5.11 Å². The van der Waals surface area contributed by atoms with E-state index in [1.165, 1.54) is 0 Å². The molecule has 0 spiro atoms. The first kappa shape index (κ1) is 24.4. The highest BCUT2D eigenvalue weighted by Gasteiger charge is 2.28. The van der Waals surface area contributed by atoms with E-state index in [1.807, 2.05) is 60.7 Å². The SMILES string of the molecule is CC(C)(C)c1cc(-c2nc(-c3ccccc3Cl)c(-c3ccccc3Cl)[nH]2)cc(C(C)(C)C)c1O. The highest BCUT2D eigenvalue weighted by molar-refractivity contribution is 6.34. The topological polar surface area (TPSA) is 48.9 Å². The van der Waals surface area contributed by atoms with E-state index in [4.69, 9.17) is 28.2 Å². The molecule has 0 radical (unpaired) electrons. The Morgan fingerprint density at radius 1 is 0.735 bits per heavy atom. The molecule has 1 aromatic heterocycles. The number of phenols is 1. The van der Waals surface area contributed by atoms with Gasteiger partial charge in [0.05, 0.1) is 16.4 Å². The van der Waals surface area contributed by atoms with Crippen molar-refractivity contribution in [1.82, 2.24) is 9.97 Å². The molecule has 4 aromatic rings. The quantitative estimate of drug-likeness (QED) is 0.299. The molecule has 0 aliphatic heterocycles. The van der Waals surface area contributed by atoms with Gasteiger partial charge in [-0.2, -0.15) is 0 Å². The van der Waals surface area contributed by atoms with Gasteiger partial charge in [0.2, 0.25) is 0 Å². The highest BCUT2D eigenvalue weighted by atomic mass is 35.5. The van der Waals surface area contributed by atoms with E-state index in [2.05, 4.69) is 46.5 Å². The Labute approximate surface area is 211 Å². The molecule has 0 amide bonds. The first-order valence-corrected chi connectivity index (χ1v) is 12.1. The summed E-state index contributed by atoms with van der Waals surface area (Å²) < 4.78 is 0. The minimum absolute atomic E-state index is 0.246. The summed E-state index contributed by atoms with van der Waals surface area (Å²) in [7, 11) is 0. The molecule has 0 saturated heterocycles. The molecule has 4 rings (SSSR count). The maximum atomic E-state index is 11.2. The number of benzene rings is 3. The van der Waals surface area contributed by atoms with Crippen LogP contribution in [0.4, 0.5) is 0 Å². The summed E-state index contributed by atoms with van der Waals surface area (Å²) in [4.78, 5) is 8.55. The summed E-state index contributed by atoms with van der Waals surface area (Å²) in [5.74, 6) is 1.04. The lowest BCUT2D eigenvalue weighted by Crippen LogP contribution is -2.17. The fraction of sp³-hybridized carbons (Fsp3) is 0.276. The number of rotatable bonds is 3. The second-order valence-corrected chi connectivity index (χ2v) is 11.5. The van der Waals surface area contributed by atoms with Crippen LogP contribution in [0.1, 0.15) is 52.7 Å². The third-order valence-corrected chi connectivity index (χ3v) is 6.63. The maximum Gasteiger partial charge on any atom is 0.138 e. The molecule has 5 heteroatoms. The van der Waals surface area contributed by atoms with Gasteiger partial charge in [-0.25, -0.2) is 4.98 Å². The van der Waals surface area contributed by atoms with Crippen molar-refractivity contribution in [1.29, 1.82) is 0 Å². The number of aromatic nitrogens is 2. The normalized spacial score (nSPS) is 12.2. The number of aromatic amines is 1. The van der Waals surface area contributed by atoms with E-state index in [0.717, 1.165) is 39.2 Å². The van der Waals surface area contributed by atoms with E-state index < -0.39 is 0 Å². The zero-order valence-corrected chi connectivity index (χ0v) is 21.9. The van der Waals surface area contributed by atoms with Crippen molar-refractivity contribution in [3.05, 3.63) is 81.8 Å². The number of H-pyrrole nitrogens is 1. The van der Waals surface area contributed by atoms with E-state index in [-0.39, 0.29) is 10.8 Å². The minimum Gasteiger partial charge on any atom is -0.507 e. The lowest BCUT2D eigenvalue weighted by molar-refractivity contribution is 0.423. The molecule has 3 aromatic carbocycles. The van der Waals surface area contributed by atoms with E-state index >= 15 is 0 Å². The molecule has 0 aliphatic rings. The van der Waals surface area contributed by atoms with Gasteiger partial charge in [0.15, 0.2) is 0 Å². The van der Waals surface area contributed by atoms with Crippen LogP contribution in [0.15, 0.2) is 60.7 Å². The Hall–Kier alpha value is -2.75. The highest BCUT2D eigenvalue weighted by Crippen LogP contribution is 2.43. The van der Waals surface area contributed by atoms with Gasteiger partial charge in [-0.1, -0.05) is 101 Å². The Bertz CT molecular complexity index is 1260. The van der Waals surface area contributed by atoms with Gasteiger partial charge < -0.3 is 10.1 Å². The summed E-state index contributed by atoms with van der Waals surface area (Å²) in [6, 6.07) is 19.4. The predicted octanol–water partition coefficient (Wildman–Crippen LogP) is 9.02. The number of halogens is 2. The molecule has 0 unspecified atom stereocenters. The maximum absolute atomic E-state index is 11.2. The van der Waals surface area contributed by atoms with Crippen LogP contribution < -0.4 is 0 Å². The van der Waals surface area contributed by atoms with Crippen molar-refractivity contribution in [3.63, 3.8) is 0 Å². The zero-order valence-electron chi connectivity index (χ0n) is 20.4. The van der Waals surface area contributed by atoms with Crippen LogP contribution in [0.5, 0.6) is 5.75 Å². The largest absolute Gasteiger partial charge is 0.507 e. The first-order valence-electron chi connectivity index (χ1n) is 11.4. The van der Waals surface area contributed by atoms with Crippen LogP contribution in [-0.4, -0.2) is 15.1 Å². The van der Waals surface area contributed by atoms with Crippen LogP contribution in [0.2, 0.25) is 10.0 Å². The van der Waals surface area contributed by atoms with Crippen LogP contribution >= 0.6 is 23.2 Å². The number of aromatic hydroxyl groups is 1. The molecule has 0 bridgehead atoms. The van der Waals surface area contributed by atoms with Crippen molar-refractivity contribution in [2.45, 2.75) is 52.4 Å². The van der Waals surface area contributed by atoms with E-state index in [0.29, 0.717) is 21.6 Å². The van der Waals surface area contributed by atoms with E-state index in [1.54, 1.807) is 0 Å². The summed E-state index contributed by atoms with van der Waals surface area (Å²) in [5.41, 5.74) is 5.38. The second-order valence-electron chi connectivity index (χ2n) is 10.7. The molecular weight excluding hydrogens is 463 g/mol. The molecule has 0 fully saturated rings. The molecule has 0 atom stereocenters. The summed E-state index contributed by atoms with van der Waals surface area (Å²) in [6.07, 6.45) is 0. The third kappa shape index (κ3) is 4.60. The number of imidazole rings is 1. The van der Waals surface area contributed by atoms with Gasteiger partial charge in [0.25, 0.3) is 0 Å². The van der Waals surface area contributed by atoms with Crippen molar-refractivity contribution in [2.24, 2.45) is 0 Å². The smallest absolute Gasteiger partial charge is 0.138 e. The van der Waals surface area contributed by atoms with Crippen molar-refractivity contribution >= 4 is 23.2 Å². The lowest BCUT2D eigenvalue weighted by atomic mass is 9.78. The van der Waals surface area contributed by atoms with Crippen molar-refractivity contribution in [2.75, 3.05) is 0 Å². The van der Waals surface area contributed by atoms with Gasteiger partial charge in [-0.3, -0.25) is 0 Å². The van der Waals surface area contributed by atoms with Crippen LogP contribution in [-0.2, 0) is 10.8 Å². The van der Waals surface area contributed by atoms with Gasteiger partial charge in [0.1, 0.15) is 11.6 Å². The van der Waals surface area contributed by atoms with Crippen LogP contribution in [0.25, 0.3) is 33.9 Å². The van der Waals surface area contributed by atoms with Crippen LogP contribution in [0, 0.1) is 0 Å². The summed E-state index contributed by atoms with van der Waals surface area (Å²) >= 11 is 13.2. The first-order chi connectivity index (χ1) is 15.9. The Morgan fingerprint density at radius 2 is 1.21 bits per heavy atom. The van der Waals surface area contributed by atoms with Crippen molar-refractivity contribution in [3.8, 4) is 39.7 Å². The molecule has 176 valence electrons. The van der Waals surface area contributed by atoms with Gasteiger partial charge in [-0.05, 0) is 35.1 Å². The molecule has 34 heavy (non-hydrogen) atoms. The Kier molecular flexibility index (Phi) is 6.30. The van der Waals surface area contributed by atoms with Crippen LogP contribution in [0.3, 0.4) is 0 Å². The number of nitrogens with one attached hydrogen (secondary N) is 1. The minimum atomic E-state index is -0.246. The summed E-state index contributed by atoms with van der Waals surface area (Å²) in [6.45, 7) is 12.6. The molecule has 0 saturated carbocycles. The van der Waals surface area contributed by atoms with Crippen molar-refractivity contribution < 1.29 is 5.11 Å². The summed E-state index contributed by atoms with van der Waals surface area (Å²) in [5, 5.41) is 12.4. The number of hydrogen-bond donors (Lipinski definition) is 2. The van der Waals surface area contributed by atoms with Gasteiger partial charge in [-0.15, -0.1) is 0 Å². The fourth-order valence-corrected chi connectivity index (χ4v) is 4.59. The average molecular weight is 493 g/mol.